The van der Waals surface area contributed by atoms with E-state index in [9.17, 15) is 19.7 Å². The van der Waals surface area contributed by atoms with Crippen LogP contribution in [0.4, 0.5) is 11.4 Å². The number of nitro groups is 1. The molecule has 9 nitrogen and oxygen atoms in total. The van der Waals surface area contributed by atoms with E-state index in [-0.39, 0.29) is 22.8 Å². The molecule has 0 saturated carbocycles. The smallest absolute Gasteiger partial charge is 0.274 e. The first-order chi connectivity index (χ1) is 11.5. The molecule has 1 saturated heterocycles. The van der Waals surface area contributed by atoms with Gasteiger partial charge >= 0.3 is 0 Å². The normalized spacial score (nSPS) is 14.5. The van der Waals surface area contributed by atoms with Crippen molar-refractivity contribution >= 4 is 17.3 Å². The molecule has 1 aromatic heterocycles. The predicted molar refractivity (Wildman–Crippen MR) is 86.1 cm³/mol. The minimum atomic E-state index is -0.433. The molecule has 2 heterocycles. The minimum absolute atomic E-state index is 0.0525. The quantitative estimate of drug-likeness (QED) is 0.653. The number of benzene rings is 1. The van der Waals surface area contributed by atoms with E-state index in [0.717, 1.165) is 5.69 Å². The van der Waals surface area contributed by atoms with Crippen molar-refractivity contribution in [2.24, 2.45) is 0 Å². The lowest BCUT2D eigenvalue weighted by atomic mass is 10.2. The van der Waals surface area contributed by atoms with Gasteiger partial charge in [-0.3, -0.25) is 19.7 Å². The van der Waals surface area contributed by atoms with Crippen LogP contribution in [-0.4, -0.2) is 52.1 Å². The number of carbonyl (C=O) groups excluding carboxylic acids is 1. The molecule has 1 amide bonds. The van der Waals surface area contributed by atoms with Crippen molar-refractivity contribution in [1.82, 2.24) is 15.1 Å². The Morgan fingerprint density at radius 3 is 2.29 bits per heavy atom. The summed E-state index contributed by atoms with van der Waals surface area (Å²) in [4.78, 5) is 37.3. The van der Waals surface area contributed by atoms with E-state index in [0.29, 0.717) is 26.2 Å². The third-order valence-corrected chi connectivity index (χ3v) is 3.89. The maximum atomic E-state index is 12.3. The van der Waals surface area contributed by atoms with Crippen molar-refractivity contribution in [1.29, 1.82) is 0 Å². The predicted octanol–water partition coefficient (Wildman–Crippen LogP) is 0.641. The van der Waals surface area contributed by atoms with Gasteiger partial charge in [0.2, 0.25) is 0 Å². The van der Waals surface area contributed by atoms with Gasteiger partial charge in [0.25, 0.3) is 17.2 Å². The van der Waals surface area contributed by atoms with Crippen LogP contribution in [0.25, 0.3) is 0 Å². The van der Waals surface area contributed by atoms with Crippen LogP contribution in [0.1, 0.15) is 10.5 Å². The Labute approximate surface area is 136 Å². The molecule has 124 valence electrons. The molecule has 1 aliphatic heterocycles. The van der Waals surface area contributed by atoms with Crippen LogP contribution in [0.3, 0.4) is 0 Å². The molecule has 0 aliphatic carbocycles. The summed E-state index contributed by atoms with van der Waals surface area (Å²) in [5.74, 6) is -0.227. The van der Waals surface area contributed by atoms with Gasteiger partial charge in [-0.2, -0.15) is 5.10 Å². The third kappa shape index (κ3) is 3.24. The molecular weight excluding hydrogens is 314 g/mol. The zero-order valence-electron chi connectivity index (χ0n) is 12.7. The molecule has 1 aromatic carbocycles. The van der Waals surface area contributed by atoms with E-state index >= 15 is 0 Å². The van der Waals surface area contributed by atoms with Gasteiger partial charge in [0.1, 0.15) is 5.69 Å². The Kier molecular flexibility index (Phi) is 4.23. The van der Waals surface area contributed by atoms with Crippen molar-refractivity contribution in [3.63, 3.8) is 0 Å². The fraction of sp³-hybridized carbons (Fsp3) is 0.267. The molecule has 0 unspecified atom stereocenters. The number of H-pyrrole nitrogens is 1. The van der Waals surface area contributed by atoms with E-state index in [1.807, 2.05) is 0 Å². The van der Waals surface area contributed by atoms with Crippen LogP contribution < -0.4 is 10.5 Å². The summed E-state index contributed by atoms with van der Waals surface area (Å²) in [5, 5.41) is 16.7. The topological polar surface area (TPSA) is 112 Å². The molecule has 0 spiro atoms. The van der Waals surface area contributed by atoms with Crippen LogP contribution in [0, 0.1) is 10.1 Å². The number of aromatic amines is 1. The van der Waals surface area contributed by atoms with Crippen LogP contribution in [0.15, 0.2) is 41.2 Å². The molecule has 0 atom stereocenters. The van der Waals surface area contributed by atoms with Crippen molar-refractivity contribution in [2.45, 2.75) is 0 Å². The highest BCUT2D eigenvalue weighted by atomic mass is 16.6. The Bertz CT molecular complexity index is 789. The molecule has 2 aromatic rings. The first kappa shape index (κ1) is 15.7. The standard InChI is InChI=1S/C15H15N5O4/c21-14-6-5-13(16-17-14)15(22)19-9-7-18(8-10-19)11-1-3-12(4-2-11)20(23)24/h1-6H,7-10H2,(H,17,21). The van der Waals surface area contributed by atoms with Gasteiger partial charge < -0.3 is 9.80 Å². The largest absolute Gasteiger partial charge is 0.368 e. The summed E-state index contributed by atoms with van der Waals surface area (Å²) < 4.78 is 0. The summed E-state index contributed by atoms with van der Waals surface area (Å²) >= 11 is 0. The monoisotopic (exact) mass is 329 g/mol. The number of non-ortho nitro benzene ring substituents is 1. The zero-order chi connectivity index (χ0) is 17.1. The number of carbonyl (C=O) groups is 1. The summed E-state index contributed by atoms with van der Waals surface area (Å²) in [5.41, 5.74) is 0.791. The highest BCUT2D eigenvalue weighted by Crippen LogP contribution is 2.20. The van der Waals surface area contributed by atoms with Crippen molar-refractivity contribution < 1.29 is 9.72 Å². The van der Waals surface area contributed by atoms with E-state index in [1.54, 1.807) is 17.0 Å². The lowest BCUT2D eigenvalue weighted by Crippen LogP contribution is -2.49. The van der Waals surface area contributed by atoms with Crippen LogP contribution in [0.5, 0.6) is 0 Å². The van der Waals surface area contributed by atoms with Gasteiger partial charge in [-0.25, -0.2) is 5.10 Å². The molecule has 3 rings (SSSR count). The Balaban J connectivity index is 1.63. The first-order valence-electron chi connectivity index (χ1n) is 7.39. The Morgan fingerprint density at radius 1 is 1.08 bits per heavy atom. The summed E-state index contributed by atoms with van der Waals surface area (Å²) in [7, 11) is 0. The summed E-state index contributed by atoms with van der Waals surface area (Å²) in [6.07, 6.45) is 0. The number of aromatic nitrogens is 2. The molecule has 0 bridgehead atoms. The van der Waals surface area contributed by atoms with E-state index < -0.39 is 4.92 Å². The number of piperazine rings is 1. The van der Waals surface area contributed by atoms with Gasteiger partial charge in [0, 0.05) is 50.1 Å². The second-order valence-corrected chi connectivity index (χ2v) is 5.36. The van der Waals surface area contributed by atoms with E-state index in [1.165, 1.54) is 24.3 Å². The van der Waals surface area contributed by atoms with Crippen molar-refractivity contribution in [2.75, 3.05) is 31.1 Å². The molecule has 24 heavy (non-hydrogen) atoms. The Hall–Kier alpha value is -3.23. The summed E-state index contributed by atoms with van der Waals surface area (Å²) in [6.45, 7) is 2.26. The highest BCUT2D eigenvalue weighted by molar-refractivity contribution is 5.92. The minimum Gasteiger partial charge on any atom is -0.368 e. The molecular formula is C15H15N5O4. The maximum Gasteiger partial charge on any atom is 0.274 e. The number of nitro benzene ring substituents is 1. The molecule has 1 N–H and O–H groups in total. The second-order valence-electron chi connectivity index (χ2n) is 5.36. The lowest BCUT2D eigenvalue weighted by molar-refractivity contribution is -0.384. The van der Waals surface area contributed by atoms with E-state index in [2.05, 4.69) is 15.1 Å². The second kappa shape index (κ2) is 6.49. The first-order valence-corrected chi connectivity index (χ1v) is 7.39. The SMILES string of the molecule is O=C(c1ccc(=O)[nH]n1)N1CCN(c2ccc([N+](=O)[O-])cc2)CC1. The maximum absolute atomic E-state index is 12.3. The van der Waals surface area contributed by atoms with Crippen LogP contribution in [0.2, 0.25) is 0 Å². The number of amides is 1. The fourth-order valence-corrected chi connectivity index (χ4v) is 2.58. The molecule has 9 heteroatoms. The zero-order valence-corrected chi connectivity index (χ0v) is 12.7. The number of nitrogens with one attached hydrogen (secondary N) is 1. The summed E-state index contributed by atoms with van der Waals surface area (Å²) in [6, 6.07) is 9.03. The van der Waals surface area contributed by atoms with Gasteiger partial charge in [-0.05, 0) is 18.2 Å². The molecule has 0 radical (unpaired) electrons. The van der Waals surface area contributed by atoms with Crippen LogP contribution >= 0.6 is 0 Å². The molecule has 1 aliphatic rings. The van der Waals surface area contributed by atoms with Gasteiger partial charge in [0.05, 0.1) is 4.92 Å². The number of nitrogens with zero attached hydrogens (tertiary/aromatic N) is 4. The average Bonchev–Trinajstić information content (AvgIpc) is 2.62. The highest BCUT2D eigenvalue weighted by Gasteiger charge is 2.23. The fourth-order valence-electron chi connectivity index (χ4n) is 2.58. The van der Waals surface area contributed by atoms with Crippen LogP contribution in [-0.2, 0) is 0 Å². The van der Waals surface area contributed by atoms with Crippen molar-refractivity contribution in [3.8, 4) is 0 Å². The number of hydrogen-bond acceptors (Lipinski definition) is 6. The van der Waals surface area contributed by atoms with Gasteiger partial charge in [0.15, 0.2) is 0 Å². The number of hydrogen-bond donors (Lipinski definition) is 1. The van der Waals surface area contributed by atoms with Gasteiger partial charge in [-0.15, -0.1) is 0 Å². The molecule has 1 fully saturated rings. The number of rotatable bonds is 3. The number of anilines is 1. The van der Waals surface area contributed by atoms with Gasteiger partial charge in [-0.1, -0.05) is 0 Å². The van der Waals surface area contributed by atoms with Crippen molar-refractivity contribution in [3.05, 3.63) is 62.6 Å². The third-order valence-electron chi connectivity index (χ3n) is 3.89. The lowest BCUT2D eigenvalue weighted by Gasteiger charge is -2.35. The van der Waals surface area contributed by atoms with E-state index in [4.69, 9.17) is 0 Å². The average molecular weight is 329 g/mol. The Morgan fingerprint density at radius 2 is 1.75 bits per heavy atom.